The van der Waals surface area contributed by atoms with Crippen molar-refractivity contribution in [2.45, 2.75) is 32.6 Å². The van der Waals surface area contributed by atoms with Crippen LogP contribution in [0.15, 0.2) is 18.2 Å². The summed E-state index contributed by atoms with van der Waals surface area (Å²) in [6.45, 7) is 2.66. The molecule has 1 aromatic rings. The van der Waals surface area contributed by atoms with E-state index < -0.39 is 0 Å². The van der Waals surface area contributed by atoms with E-state index in [1.54, 1.807) is 12.1 Å². The number of alkyl halides is 1. The van der Waals surface area contributed by atoms with Crippen molar-refractivity contribution in [2.75, 3.05) is 11.9 Å². The van der Waals surface area contributed by atoms with Crippen LogP contribution in [0.1, 0.15) is 41.6 Å². The van der Waals surface area contributed by atoms with Gasteiger partial charge in [-0.1, -0.05) is 40.4 Å². The van der Waals surface area contributed by atoms with Crippen LogP contribution in [0.3, 0.4) is 0 Å². The Kier molecular flexibility index (Phi) is 4.91. The maximum atomic E-state index is 12.2. The molecule has 1 N–H and O–H groups in total. The zero-order chi connectivity index (χ0) is 13.9. The highest BCUT2D eigenvalue weighted by Gasteiger charge is 2.33. The molecule has 1 amide bonds. The Bertz CT molecular complexity index is 469. The van der Waals surface area contributed by atoms with E-state index >= 15 is 0 Å². The van der Waals surface area contributed by atoms with Gasteiger partial charge in [-0.05, 0) is 48.9 Å². The minimum Gasteiger partial charge on any atom is -0.351 e. The van der Waals surface area contributed by atoms with Gasteiger partial charge in [-0.2, -0.15) is 0 Å². The van der Waals surface area contributed by atoms with Crippen LogP contribution >= 0.6 is 27.5 Å². The van der Waals surface area contributed by atoms with Crippen molar-refractivity contribution in [3.05, 3.63) is 34.3 Å². The molecule has 0 aliphatic heterocycles. The lowest BCUT2D eigenvalue weighted by Crippen LogP contribution is -2.37. The van der Waals surface area contributed by atoms with Crippen LogP contribution in [0, 0.1) is 12.3 Å². The van der Waals surface area contributed by atoms with Crippen molar-refractivity contribution in [3.8, 4) is 0 Å². The molecule has 0 aromatic heterocycles. The van der Waals surface area contributed by atoms with E-state index in [9.17, 15) is 4.79 Å². The molecule has 4 heteroatoms. The van der Waals surface area contributed by atoms with E-state index in [1.165, 1.54) is 25.7 Å². The van der Waals surface area contributed by atoms with E-state index in [0.717, 1.165) is 17.4 Å². The first kappa shape index (κ1) is 14.9. The Hall–Kier alpha value is -0.540. The predicted molar refractivity (Wildman–Crippen MR) is 83.2 cm³/mol. The molecular formula is C15H19BrClNO. The lowest BCUT2D eigenvalue weighted by atomic mass is 9.89. The average Bonchev–Trinajstić information content (AvgIpc) is 2.89. The van der Waals surface area contributed by atoms with Gasteiger partial charge in [-0.3, -0.25) is 4.79 Å². The highest BCUT2D eigenvalue weighted by molar-refractivity contribution is 9.09. The first-order valence-corrected chi connectivity index (χ1v) is 8.17. The summed E-state index contributed by atoms with van der Waals surface area (Å²) < 4.78 is 0. The standard InChI is InChI=1S/C15H19BrClNO/c1-11-8-12(4-5-13(11)17)14(19)18-10-15(9-16)6-2-3-7-15/h4-5,8H,2-3,6-7,9-10H2,1H3,(H,18,19). The molecule has 0 saturated heterocycles. The molecule has 1 saturated carbocycles. The quantitative estimate of drug-likeness (QED) is 0.809. The van der Waals surface area contributed by atoms with Gasteiger partial charge in [0.2, 0.25) is 0 Å². The molecule has 0 radical (unpaired) electrons. The molecule has 0 spiro atoms. The Morgan fingerprint density at radius 3 is 2.68 bits per heavy atom. The first-order valence-electron chi connectivity index (χ1n) is 6.67. The second-order valence-corrected chi connectivity index (χ2v) is 6.46. The number of nitrogens with one attached hydrogen (secondary N) is 1. The monoisotopic (exact) mass is 343 g/mol. The van der Waals surface area contributed by atoms with Gasteiger partial charge < -0.3 is 5.32 Å². The second kappa shape index (κ2) is 6.27. The predicted octanol–water partition coefficient (Wildman–Crippen LogP) is 4.33. The van der Waals surface area contributed by atoms with Crippen LogP contribution in [-0.4, -0.2) is 17.8 Å². The Morgan fingerprint density at radius 2 is 2.11 bits per heavy atom. The fourth-order valence-electron chi connectivity index (χ4n) is 2.64. The molecule has 19 heavy (non-hydrogen) atoms. The minimum absolute atomic E-state index is 0.00742. The van der Waals surface area contributed by atoms with Crippen LogP contribution in [0.5, 0.6) is 0 Å². The number of halogens is 2. The zero-order valence-electron chi connectivity index (χ0n) is 11.1. The SMILES string of the molecule is Cc1cc(C(=O)NCC2(CBr)CCCC2)ccc1Cl. The molecular weight excluding hydrogens is 326 g/mol. The first-order chi connectivity index (χ1) is 9.06. The van der Waals surface area contributed by atoms with Gasteiger partial charge in [-0.15, -0.1) is 0 Å². The van der Waals surface area contributed by atoms with Gasteiger partial charge in [0.05, 0.1) is 0 Å². The summed E-state index contributed by atoms with van der Waals surface area (Å²) in [4.78, 5) is 12.2. The van der Waals surface area contributed by atoms with E-state index in [-0.39, 0.29) is 11.3 Å². The Labute approximate surface area is 128 Å². The number of hydrogen-bond acceptors (Lipinski definition) is 1. The third-order valence-electron chi connectivity index (χ3n) is 3.99. The number of carbonyl (C=O) groups is 1. The van der Waals surface area contributed by atoms with Crippen LogP contribution < -0.4 is 5.32 Å². The van der Waals surface area contributed by atoms with Crippen LogP contribution in [0.4, 0.5) is 0 Å². The Morgan fingerprint density at radius 1 is 1.42 bits per heavy atom. The Balaban J connectivity index is 1.99. The van der Waals surface area contributed by atoms with Crippen molar-refractivity contribution in [1.82, 2.24) is 5.32 Å². The molecule has 0 unspecified atom stereocenters. The molecule has 1 aliphatic carbocycles. The van der Waals surface area contributed by atoms with Crippen molar-refractivity contribution >= 4 is 33.4 Å². The summed E-state index contributed by atoms with van der Waals surface area (Å²) in [7, 11) is 0. The average molecular weight is 345 g/mol. The summed E-state index contributed by atoms with van der Waals surface area (Å²) in [5, 5.41) is 4.72. The fourth-order valence-corrected chi connectivity index (χ4v) is 3.51. The van der Waals surface area contributed by atoms with E-state index in [2.05, 4.69) is 21.2 Å². The van der Waals surface area contributed by atoms with Gasteiger partial charge in [0.15, 0.2) is 0 Å². The summed E-state index contributed by atoms with van der Waals surface area (Å²) >= 11 is 9.56. The number of rotatable bonds is 4. The van der Waals surface area contributed by atoms with Crippen molar-refractivity contribution in [1.29, 1.82) is 0 Å². The summed E-state index contributed by atoms with van der Waals surface area (Å²) in [5.41, 5.74) is 1.87. The number of amides is 1. The van der Waals surface area contributed by atoms with Gasteiger partial charge in [-0.25, -0.2) is 0 Å². The molecule has 104 valence electrons. The molecule has 1 aromatic carbocycles. The number of benzene rings is 1. The summed E-state index contributed by atoms with van der Waals surface area (Å²) in [5.74, 6) is -0.00742. The smallest absolute Gasteiger partial charge is 0.251 e. The largest absolute Gasteiger partial charge is 0.351 e. The highest BCUT2D eigenvalue weighted by Crippen LogP contribution is 2.39. The van der Waals surface area contributed by atoms with Gasteiger partial charge in [0.1, 0.15) is 0 Å². The lowest BCUT2D eigenvalue weighted by molar-refractivity contribution is 0.0935. The molecule has 2 rings (SSSR count). The maximum absolute atomic E-state index is 12.2. The molecule has 1 aliphatic rings. The number of carbonyl (C=O) groups excluding carboxylic acids is 1. The van der Waals surface area contributed by atoms with Crippen molar-refractivity contribution in [2.24, 2.45) is 5.41 Å². The third-order valence-corrected chi connectivity index (χ3v) is 5.61. The third kappa shape index (κ3) is 3.51. The molecule has 0 bridgehead atoms. The van der Waals surface area contributed by atoms with E-state index in [4.69, 9.17) is 11.6 Å². The summed E-state index contributed by atoms with van der Waals surface area (Å²) in [6, 6.07) is 5.40. The molecule has 1 fully saturated rings. The molecule has 0 atom stereocenters. The van der Waals surface area contributed by atoms with E-state index in [0.29, 0.717) is 10.6 Å². The zero-order valence-corrected chi connectivity index (χ0v) is 13.5. The van der Waals surface area contributed by atoms with Crippen LogP contribution in [0.2, 0.25) is 5.02 Å². The lowest BCUT2D eigenvalue weighted by Gasteiger charge is -2.26. The van der Waals surface area contributed by atoms with Gasteiger partial charge in [0.25, 0.3) is 5.91 Å². The van der Waals surface area contributed by atoms with Crippen LogP contribution in [0.25, 0.3) is 0 Å². The normalized spacial score (nSPS) is 17.4. The van der Waals surface area contributed by atoms with Crippen LogP contribution in [-0.2, 0) is 0 Å². The van der Waals surface area contributed by atoms with Gasteiger partial charge >= 0.3 is 0 Å². The van der Waals surface area contributed by atoms with Crippen molar-refractivity contribution < 1.29 is 4.79 Å². The van der Waals surface area contributed by atoms with E-state index in [1.807, 2.05) is 13.0 Å². The highest BCUT2D eigenvalue weighted by atomic mass is 79.9. The topological polar surface area (TPSA) is 29.1 Å². The minimum atomic E-state index is -0.00742. The maximum Gasteiger partial charge on any atom is 0.251 e. The molecule has 2 nitrogen and oxygen atoms in total. The fraction of sp³-hybridized carbons (Fsp3) is 0.533. The second-order valence-electron chi connectivity index (χ2n) is 5.49. The van der Waals surface area contributed by atoms with Gasteiger partial charge in [0, 0.05) is 22.5 Å². The number of hydrogen-bond donors (Lipinski definition) is 1. The number of aryl methyl sites for hydroxylation is 1. The molecule has 0 heterocycles. The summed E-state index contributed by atoms with van der Waals surface area (Å²) in [6.07, 6.45) is 4.92. The van der Waals surface area contributed by atoms with Crippen molar-refractivity contribution in [3.63, 3.8) is 0 Å².